The molecule has 3 aromatic carbocycles. The minimum atomic E-state index is -0.0825. The van der Waals surface area contributed by atoms with E-state index in [0.717, 1.165) is 11.1 Å². The zero-order valence-electron chi connectivity index (χ0n) is 19.0. The van der Waals surface area contributed by atoms with Gasteiger partial charge in [0, 0.05) is 35.5 Å². The van der Waals surface area contributed by atoms with Crippen molar-refractivity contribution in [3.63, 3.8) is 0 Å². The number of carbonyl (C=O) groups excluding carboxylic acids is 2. The SMILES string of the molecule is CCN(CC)C(=O)c1ccc(NC(=O)C[NH2+][C@@H](c2ccccc2)c2ccc(C)cc2)cc1. The molecular formula is C27H32N3O2+. The number of nitrogens with two attached hydrogens (primary N) is 1. The Balaban J connectivity index is 1.64. The summed E-state index contributed by atoms with van der Waals surface area (Å²) >= 11 is 0. The minimum absolute atomic E-state index is 0.00464. The number of nitrogens with one attached hydrogen (secondary N) is 1. The fourth-order valence-electron chi connectivity index (χ4n) is 3.73. The van der Waals surface area contributed by atoms with Gasteiger partial charge >= 0.3 is 0 Å². The van der Waals surface area contributed by atoms with Crippen LogP contribution in [0.5, 0.6) is 0 Å². The third-order valence-electron chi connectivity index (χ3n) is 5.60. The molecule has 0 saturated heterocycles. The standard InChI is InChI=1S/C27H31N3O2/c1-4-30(5-2)27(32)23-15-17-24(18-16-23)29-25(31)19-28-26(21-9-7-6-8-10-21)22-13-11-20(3)12-14-22/h6-18,26,28H,4-5,19H2,1-3H3,(H,29,31)/p+1/t26-/m0/s1. The van der Waals surface area contributed by atoms with Crippen LogP contribution in [0, 0.1) is 6.92 Å². The summed E-state index contributed by atoms with van der Waals surface area (Å²) in [6.45, 7) is 7.63. The van der Waals surface area contributed by atoms with Gasteiger partial charge in [-0.3, -0.25) is 9.59 Å². The van der Waals surface area contributed by atoms with Crippen LogP contribution in [0.3, 0.4) is 0 Å². The van der Waals surface area contributed by atoms with Crippen molar-refractivity contribution in [1.82, 2.24) is 4.90 Å². The highest BCUT2D eigenvalue weighted by atomic mass is 16.2. The largest absolute Gasteiger partial charge is 0.339 e. The molecule has 3 rings (SSSR count). The smallest absolute Gasteiger partial charge is 0.279 e. The lowest BCUT2D eigenvalue weighted by atomic mass is 9.98. The van der Waals surface area contributed by atoms with E-state index in [-0.39, 0.29) is 24.4 Å². The van der Waals surface area contributed by atoms with Crippen LogP contribution in [0.1, 0.15) is 46.9 Å². The summed E-state index contributed by atoms with van der Waals surface area (Å²) in [4.78, 5) is 26.9. The maximum absolute atomic E-state index is 12.6. The van der Waals surface area contributed by atoms with E-state index < -0.39 is 0 Å². The van der Waals surface area contributed by atoms with Gasteiger partial charge in [-0.1, -0.05) is 60.2 Å². The van der Waals surface area contributed by atoms with Crippen LogP contribution in [0.4, 0.5) is 5.69 Å². The number of anilines is 1. The van der Waals surface area contributed by atoms with Crippen molar-refractivity contribution in [3.8, 4) is 0 Å². The predicted molar refractivity (Wildman–Crippen MR) is 129 cm³/mol. The van der Waals surface area contributed by atoms with E-state index in [1.807, 2.05) is 37.4 Å². The molecule has 0 aliphatic rings. The van der Waals surface area contributed by atoms with Crippen molar-refractivity contribution >= 4 is 17.5 Å². The van der Waals surface area contributed by atoms with E-state index in [9.17, 15) is 9.59 Å². The van der Waals surface area contributed by atoms with Crippen LogP contribution in [-0.4, -0.2) is 36.3 Å². The molecule has 0 spiro atoms. The van der Waals surface area contributed by atoms with Crippen LogP contribution in [0.15, 0.2) is 78.9 Å². The predicted octanol–water partition coefficient (Wildman–Crippen LogP) is 3.77. The lowest BCUT2D eigenvalue weighted by Crippen LogP contribution is -2.87. The fraction of sp³-hybridized carbons (Fsp3) is 0.259. The lowest BCUT2D eigenvalue weighted by molar-refractivity contribution is -0.676. The van der Waals surface area contributed by atoms with E-state index in [1.54, 1.807) is 29.2 Å². The normalized spacial score (nSPS) is 11.6. The van der Waals surface area contributed by atoms with Crippen molar-refractivity contribution in [3.05, 3.63) is 101 Å². The van der Waals surface area contributed by atoms with E-state index in [4.69, 9.17) is 0 Å². The highest BCUT2D eigenvalue weighted by Gasteiger charge is 2.19. The number of aryl methyl sites for hydroxylation is 1. The van der Waals surface area contributed by atoms with E-state index >= 15 is 0 Å². The zero-order valence-corrected chi connectivity index (χ0v) is 19.0. The molecule has 5 nitrogen and oxygen atoms in total. The first-order valence-electron chi connectivity index (χ1n) is 11.2. The third-order valence-corrected chi connectivity index (χ3v) is 5.60. The van der Waals surface area contributed by atoms with Crippen LogP contribution in [0.2, 0.25) is 0 Å². The molecule has 5 heteroatoms. The Morgan fingerprint density at radius 1 is 0.844 bits per heavy atom. The summed E-state index contributed by atoms with van der Waals surface area (Å²) in [7, 11) is 0. The number of nitrogens with zero attached hydrogens (tertiary/aromatic N) is 1. The van der Waals surface area contributed by atoms with E-state index in [1.165, 1.54) is 5.56 Å². The maximum Gasteiger partial charge on any atom is 0.279 e. The number of quaternary nitrogens is 1. The van der Waals surface area contributed by atoms with Gasteiger partial charge in [-0.05, 0) is 45.0 Å². The van der Waals surface area contributed by atoms with Gasteiger partial charge in [0.25, 0.3) is 11.8 Å². The number of carbonyl (C=O) groups is 2. The first-order chi connectivity index (χ1) is 15.5. The summed E-state index contributed by atoms with van der Waals surface area (Å²) < 4.78 is 0. The Kier molecular flexibility index (Phi) is 8.17. The zero-order chi connectivity index (χ0) is 22.9. The van der Waals surface area contributed by atoms with Crippen molar-refractivity contribution < 1.29 is 14.9 Å². The molecule has 0 bridgehead atoms. The van der Waals surface area contributed by atoms with Crippen LogP contribution < -0.4 is 10.6 Å². The molecule has 0 aliphatic carbocycles. The summed E-state index contributed by atoms with van der Waals surface area (Å²) in [6, 6.07) is 25.8. The van der Waals surface area contributed by atoms with E-state index in [2.05, 4.69) is 48.6 Å². The van der Waals surface area contributed by atoms with Crippen LogP contribution in [-0.2, 0) is 4.79 Å². The molecular weight excluding hydrogens is 398 g/mol. The van der Waals surface area contributed by atoms with Gasteiger partial charge in [0.05, 0.1) is 0 Å². The summed E-state index contributed by atoms with van der Waals surface area (Å²) in [6.07, 6.45) is 0. The second-order valence-electron chi connectivity index (χ2n) is 7.84. The quantitative estimate of drug-likeness (QED) is 0.543. The van der Waals surface area contributed by atoms with E-state index in [0.29, 0.717) is 24.3 Å². The average Bonchev–Trinajstić information content (AvgIpc) is 2.82. The van der Waals surface area contributed by atoms with Crippen molar-refractivity contribution in [2.45, 2.75) is 26.8 Å². The second kappa shape index (κ2) is 11.3. The van der Waals surface area contributed by atoms with Crippen LogP contribution >= 0.6 is 0 Å². The summed E-state index contributed by atoms with van der Waals surface area (Å²) in [5.74, 6) is -0.0779. The Hall–Kier alpha value is -3.44. The minimum Gasteiger partial charge on any atom is -0.339 e. The van der Waals surface area contributed by atoms with Crippen LogP contribution in [0.25, 0.3) is 0 Å². The molecule has 166 valence electrons. The second-order valence-corrected chi connectivity index (χ2v) is 7.84. The lowest BCUT2D eigenvalue weighted by Gasteiger charge is -2.18. The van der Waals surface area contributed by atoms with Gasteiger partial charge < -0.3 is 15.5 Å². The molecule has 2 amide bonds. The first kappa shape index (κ1) is 23.2. The van der Waals surface area contributed by atoms with Gasteiger partial charge in [0.2, 0.25) is 0 Å². The molecule has 0 saturated carbocycles. The number of rotatable bonds is 9. The van der Waals surface area contributed by atoms with Gasteiger partial charge in [-0.15, -0.1) is 0 Å². The molecule has 0 heterocycles. The van der Waals surface area contributed by atoms with Crippen molar-refractivity contribution in [1.29, 1.82) is 0 Å². The number of benzene rings is 3. The molecule has 0 aromatic heterocycles. The highest BCUT2D eigenvalue weighted by molar-refractivity contribution is 5.96. The van der Waals surface area contributed by atoms with Gasteiger partial charge in [0.1, 0.15) is 6.04 Å². The van der Waals surface area contributed by atoms with Gasteiger partial charge in [-0.2, -0.15) is 0 Å². The highest BCUT2D eigenvalue weighted by Crippen LogP contribution is 2.18. The Morgan fingerprint density at radius 2 is 1.44 bits per heavy atom. The number of amides is 2. The average molecular weight is 431 g/mol. The molecule has 0 unspecified atom stereocenters. The molecule has 3 N–H and O–H groups in total. The Labute approximate surface area is 190 Å². The summed E-state index contributed by atoms with van der Waals surface area (Å²) in [5, 5.41) is 4.99. The molecule has 0 radical (unpaired) electrons. The fourth-order valence-corrected chi connectivity index (χ4v) is 3.73. The Morgan fingerprint density at radius 3 is 2.03 bits per heavy atom. The topological polar surface area (TPSA) is 66.0 Å². The number of hydrogen-bond acceptors (Lipinski definition) is 2. The number of hydrogen-bond donors (Lipinski definition) is 2. The van der Waals surface area contributed by atoms with Crippen molar-refractivity contribution in [2.24, 2.45) is 0 Å². The van der Waals surface area contributed by atoms with Crippen molar-refractivity contribution in [2.75, 3.05) is 25.0 Å². The molecule has 0 fully saturated rings. The molecule has 3 aromatic rings. The molecule has 1 atom stereocenters. The van der Waals surface area contributed by atoms with Gasteiger partial charge in [0.15, 0.2) is 6.54 Å². The van der Waals surface area contributed by atoms with Gasteiger partial charge in [-0.25, -0.2) is 0 Å². The molecule has 0 aliphatic heterocycles. The first-order valence-corrected chi connectivity index (χ1v) is 11.2. The summed E-state index contributed by atoms with van der Waals surface area (Å²) in [5.41, 5.74) is 4.84. The monoisotopic (exact) mass is 430 g/mol. The third kappa shape index (κ3) is 6.05. The Bertz CT molecular complexity index is 1010. The maximum atomic E-state index is 12.6. The molecule has 32 heavy (non-hydrogen) atoms.